The van der Waals surface area contributed by atoms with Gasteiger partial charge in [-0.25, -0.2) is 0 Å². The Kier molecular flexibility index (Phi) is 5.13. The number of aryl methyl sites for hydroxylation is 2. The van der Waals surface area contributed by atoms with Crippen LogP contribution in [0.3, 0.4) is 0 Å². The summed E-state index contributed by atoms with van der Waals surface area (Å²) in [4.78, 5) is 0. The molecular weight excluding hydrogens is 284 g/mol. The van der Waals surface area contributed by atoms with Gasteiger partial charge < -0.3 is 10.2 Å². The van der Waals surface area contributed by atoms with E-state index in [1.807, 2.05) is 18.2 Å². The molecule has 0 fully saturated rings. The lowest BCUT2D eigenvalue weighted by Gasteiger charge is -2.12. The van der Waals surface area contributed by atoms with E-state index in [2.05, 4.69) is 13.8 Å². The second-order valence-electron chi connectivity index (χ2n) is 5.33. The Bertz CT molecular complexity index is 635. The quantitative estimate of drug-likeness (QED) is 0.784. The van der Waals surface area contributed by atoms with Crippen LogP contribution in [0, 0.1) is 0 Å². The van der Waals surface area contributed by atoms with Gasteiger partial charge in [0.1, 0.15) is 11.5 Å². The van der Waals surface area contributed by atoms with Gasteiger partial charge in [0.05, 0.1) is 5.02 Å². The molecule has 0 radical (unpaired) electrons. The summed E-state index contributed by atoms with van der Waals surface area (Å²) in [6, 6.07) is 9.23. The van der Waals surface area contributed by atoms with Crippen molar-refractivity contribution < 1.29 is 10.2 Å². The molecule has 0 aromatic heterocycles. The van der Waals surface area contributed by atoms with Crippen LogP contribution in [0.15, 0.2) is 30.3 Å². The standard InChI is InChI=1S/C18H21ClO2/c1-3-5-12-7-8-17(20)14(9-12)15-10-13(6-4-2)11-16(19)18(15)21/h7-11,20-21H,3-6H2,1-2H3. The van der Waals surface area contributed by atoms with Crippen molar-refractivity contribution in [2.45, 2.75) is 39.5 Å². The monoisotopic (exact) mass is 304 g/mol. The van der Waals surface area contributed by atoms with Crippen molar-refractivity contribution in [2.24, 2.45) is 0 Å². The minimum atomic E-state index is 0.0282. The van der Waals surface area contributed by atoms with Gasteiger partial charge in [-0.05, 0) is 48.2 Å². The summed E-state index contributed by atoms with van der Waals surface area (Å²) < 4.78 is 0. The predicted molar refractivity (Wildman–Crippen MR) is 88.2 cm³/mol. The van der Waals surface area contributed by atoms with E-state index in [1.54, 1.807) is 12.1 Å². The molecule has 2 aromatic carbocycles. The van der Waals surface area contributed by atoms with E-state index in [0.29, 0.717) is 16.1 Å². The molecule has 0 unspecified atom stereocenters. The van der Waals surface area contributed by atoms with Gasteiger partial charge in [-0.15, -0.1) is 0 Å². The van der Waals surface area contributed by atoms with Crippen LogP contribution in [0.1, 0.15) is 37.8 Å². The Labute approximate surface area is 131 Å². The number of phenolic OH excluding ortho intramolecular Hbond substituents is 2. The summed E-state index contributed by atoms with van der Waals surface area (Å²) in [7, 11) is 0. The molecule has 0 saturated heterocycles. The number of hydrogen-bond donors (Lipinski definition) is 2. The summed E-state index contributed by atoms with van der Waals surface area (Å²) in [5.41, 5.74) is 3.44. The summed E-state index contributed by atoms with van der Waals surface area (Å²) in [6.07, 6.45) is 3.87. The lowest BCUT2D eigenvalue weighted by Crippen LogP contribution is -1.90. The van der Waals surface area contributed by atoms with Gasteiger partial charge >= 0.3 is 0 Å². The average molecular weight is 305 g/mol. The molecule has 2 rings (SSSR count). The van der Waals surface area contributed by atoms with Crippen molar-refractivity contribution in [3.05, 3.63) is 46.5 Å². The fourth-order valence-electron chi connectivity index (χ4n) is 2.54. The van der Waals surface area contributed by atoms with E-state index in [1.165, 1.54) is 0 Å². The smallest absolute Gasteiger partial charge is 0.142 e. The van der Waals surface area contributed by atoms with Gasteiger partial charge in [-0.1, -0.05) is 44.4 Å². The number of aromatic hydroxyl groups is 2. The van der Waals surface area contributed by atoms with Gasteiger partial charge in [0.25, 0.3) is 0 Å². The van der Waals surface area contributed by atoms with Crippen molar-refractivity contribution in [2.75, 3.05) is 0 Å². The van der Waals surface area contributed by atoms with E-state index in [9.17, 15) is 10.2 Å². The SMILES string of the molecule is CCCc1ccc(O)c(-c2cc(CCC)cc(Cl)c2O)c1. The van der Waals surface area contributed by atoms with Crippen molar-refractivity contribution in [1.82, 2.24) is 0 Å². The van der Waals surface area contributed by atoms with Crippen LogP contribution in [0.2, 0.25) is 5.02 Å². The van der Waals surface area contributed by atoms with E-state index in [4.69, 9.17) is 11.6 Å². The largest absolute Gasteiger partial charge is 0.507 e. The molecule has 2 nitrogen and oxygen atoms in total. The highest BCUT2D eigenvalue weighted by Crippen LogP contribution is 2.41. The van der Waals surface area contributed by atoms with Gasteiger partial charge in [0.15, 0.2) is 0 Å². The van der Waals surface area contributed by atoms with E-state index >= 15 is 0 Å². The van der Waals surface area contributed by atoms with E-state index < -0.39 is 0 Å². The van der Waals surface area contributed by atoms with Crippen LogP contribution in [0.5, 0.6) is 11.5 Å². The average Bonchev–Trinajstić information content (AvgIpc) is 2.45. The molecule has 0 saturated carbocycles. The van der Waals surface area contributed by atoms with E-state index in [-0.39, 0.29) is 11.5 Å². The Balaban J connectivity index is 2.57. The first-order chi connectivity index (χ1) is 10.1. The van der Waals surface area contributed by atoms with Crippen molar-refractivity contribution >= 4 is 11.6 Å². The zero-order valence-electron chi connectivity index (χ0n) is 12.5. The summed E-state index contributed by atoms with van der Waals surface area (Å²) in [6.45, 7) is 4.21. The highest BCUT2D eigenvalue weighted by molar-refractivity contribution is 6.32. The van der Waals surface area contributed by atoms with Crippen molar-refractivity contribution in [1.29, 1.82) is 0 Å². The van der Waals surface area contributed by atoms with Crippen LogP contribution >= 0.6 is 11.6 Å². The predicted octanol–water partition coefficient (Wildman–Crippen LogP) is 5.32. The molecule has 0 bridgehead atoms. The minimum absolute atomic E-state index is 0.0282. The maximum absolute atomic E-state index is 10.2. The second-order valence-corrected chi connectivity index (χ2v) is 5.73. The molecule has 0 heterocycles. The Morgan fingerprint density at radius 1 is 0.857 bits per heavy atom. The first-order valence-electron chi connectivity index (χ1n) is 7.40. The highest BCUT2D eigenvalue weighted by atomic mass is 35.5. The molecule has 0 amide bonds. The minimum Gasteiger partial charge on any atom is -0.507 e. The maximum atomic E-state index is 10.2. The first kappa shape index (κ1) is 15.7. The van der Waals surface area contributed by atoms with Gasteiger partial charge in [0, 0.05) is 11.1 Å². The molecule has 112 valence electrons. The molecule has 0 aliphatic carbocycles. The summed E-state index contributed by atoms with van der Waals surface area (Å²) in [5, 5.41) is 20.7. The molecule has 0 aliphatic rings. The van der Waals surface area contributed by atoms with Crippen LogP contribution in [-0.4, -0.2) is 10.2 Å². The number of halogens is 1. The lowest BCUT2D eigenvalue weighted by atomic mass is 9.96. The Hall–Kier alpha value is -1.67. The summed E-state index contributed by atoms with van der Waals surface area (Å²) in [5.74, 6) is 0.190. The third-order valence-electron chi connectivity index (χ3n) is 3.55. The van der Waals surface area contributed by atoms with Crippen molar-refractivity contribution in [3.63, 3.8) is 0 Å². The third-order valence-corrected chi connectivity index (χ3v) is 3.84. The molecule has 21 heavy (non-hydrogen) atoms. The number of benzene rings is 2. The second kappa shape index (κ2) is 6.86. The Morgan fingerprint density at radius 2 is 1.48 bits per heavy atom. The Morgan fingerprint density at radius 3 is 2.14 bits per heavy atom. The third kappa shape index (κ3) is 3.51. The fourth-order valence-corrected chi connectivity index (χ4v) is 2.78. The van der Waals surface area contributed by atoms with Crippen LogP contribution < -0.4 is 0 Å². The van der Waals surface area contributed by atoms with Crippen LogP contribution in [0.4, 0.5) is 0 Å². The number of hydrogen-bond acceptors (Lipinski definition) is 2. The fraction of sp³-hybridized carbons (Fsp3) is 0.333. The molecular formula is C18H21ClO2. The zero-order valence-corrected chi connectivity index (χ0v) is 13.2. The molecule has 0 atom stereocenters. The maximum Gasteiger partial charge on any atom is 0.142 e. The molecule has 3 heteroatoms. The number of rotatable bonds is 5. The molecule has 2 N–H and O–H groups in total. The number of phenols is 2. The first-order valence-corrected chi connectivity index (χ1v) is 7.78. The molecule has 0 spiro atoms. The lowest BCUT2D eigenvalue weighted by molar-refractivity contribution is 0.469. The highest BCUT2D eigenvalue weighted by Gasteiger charge is 2.14. The molecule has 2 aromatic rings. The zero-order chi connectivity index (χ0) is 15.4. The topological polar surface area (TPSA) is 40.5 Å². The normalized spacial score (nSPS) is 10.8. The van der Waals surface area contributed by atoms with Crippen LogP contribution in [-0.2, 0) is 12.8 Å². The van der Waals surface area contributed by atoms with Crippen LogP contribution in [0.25, 0.3) is 11.1 Å². The van der Waals surface area contributed by atoms with E-state index in [0.717, 1.165) is 36.8 Å². The van der Waals surface area contributed by atoms with Gasteiger partial charge in [-0.3, -0.25) is 0 Å². The summed E-state index contributed by atoms with van der Waals surface area (Å²) >= 11 is 6.13. The molecule has 0 aliphatic heterocycles. The van der Waals surface area contributed by atoms with Gasteiger partial charge in [0.2, 0.25) is 0 Å². The van der Waals surface area contributed by atoms with Crippen molar-refractivity contribution in [3.8, 4) is 22.6 Å². The van der Waals surface area contributed by atoms with Gasteiger partial charge in [-0.2, -0.15) is 0 Å².